The molecule has 0 N–H and O–H groups in total. The molecule has 0 aromatic rings. The molecule has 0 aromatic carbocycles. The predicted molar refractivity (Wildman–Crippen MR) is 133 cm³/mol. The van der Waals surface area contributed by atoms with Crippen LogP contribution in [-0.4, -0.2) is 8.07 Å². The van der Waals surface area contributed by atoms with Gasteiger partial charge in [-0.1, -0.05) is 0 Å². The number of rotatable bonds is 0. The van der Waals surface area contributed by atoms with Crippen molar-refractivity contribution in [2.24, 2.45) is 21.7 Å². The molecule has 3 aliphatic rings. The van der Waals surface area contributed by atoms with Crippen LogP contribution in [0.5, 0.6) is 0 Å². The standard InChI is InChI=1S/C28H46Si.2ClH.Zr/c1-25(2,3)19-15-17-21(23(19)27(7,8)9)29(13,14)22-18-16-20(26(4,5)6)24(22)28(10,11)12;;;/h17-18H2,1-14H3;2*1H;/q;;;+2/p-2. The van der Waals surface area contributed by atoms with Gasteiger partial charge in [0.2, 0.25) is 0 Å². The minimum Gasteiger partial charge on any atom is -1.00 e. The Morgan fingerprint density at radius 3 is 0.969 bits per heavy atom. The molecule has 0 atom stereocenters. The van der Waals surface area contributed by atoms with Crippen molar-refractivity contribution in [1.29, 1.82) is 0 Å². The first-order valence-corrected chi connectivity index (χ1v) is 17.4. The number of hydrogen-bond donors (Lipinski definition) is 0. The Morgan fingerprint density at radius 2 is 0.750 bits per heavy atom. The molecule has 0 unspecified atom stereocenters. The van der Waals surface area contributed by atoms with Gasteiger partial charge in [0.25, 0.3) is 0 Å². The normalized spacial score (nSPS) is 21.1. The van der Waals surface area contributed by atoms with E-state index < -0.39 is 31.3 Å². The van der Waals surface area contributed by atoms with Crippen LogP contribution < -0.4 is 24.8 Å². The Kier molecular flexibility index (Phi) is 8.57. The summed E-state index contributed by atoms with van der Waals surface area (Å²) in [6, 6.07) is 0. The Labute approximate surface area is 224 Å². The van der Waals surface area contributed by atoms with Gasteiger partial charge in [-0.2, -0.15) is 0 Å². The van der Waals surface area contributed by atoms with Crippen LogP contribution in [0.15, 0.2) is 39.2 Å². The molecule has 1 saturated heterocycles. The molecule has 180 valence electrons. The maximum Gasteiger partial charge on any atom is -1.00 e. The molecular weight excluding hydrogens is 527 g/mol. The molecule has 3 rings (SSSR count). The fourth-order valence-corrected chi connectivity index (χ4v) is 16.3. The van der Waals surface area contributed by atoms with Crippen molar-refractivity contribution in [1.82, 2.24) is 0 Å². The summed E-state index contributed by atoms with van der Waals surface area (Å²) in [5.74, 6) is 0. The molecule has 0 saturated carbocycles. The van der Waals surface area contributed by atoms with Crippen molar-refractivity contribution in [3.63, 3.8) is 0 Å². The second-order valence-corrected chi connectivity index (χ2v) is 22.6. The summed E-state index contributed by atoms with van der Waals surface area (Å²) in [7, 11) is -1.73. The zero-order chi connectivity index (χ0) is 23.2. The fraction of sp³-hybridized carbons (Fsp3) is 0.714. The van der Waals surface area contributed by atoms with E-state index >= 15 is 0 Å². The van der Waals surface area contributed by atoms with E-state index in [0.29, 0.717) is 0 Å². The summed E-state index contributed by atoms with van der Waals surface area (Å²) in [5, 5.41) is 3.78. The number of allylic oxidation sites excluding steroid dienone is 8. The van der Waals surface area contributed by atoms with E-state index in [4.69, 9.17) is 0 Å². The van der Waals surface area contributed by atoms with Gasteiger partial charge in [-0.3, -0.25) is 0 Å². The molecular formula is C28H46Cl2SiZr. The third kappa shape index (κ3) is 5.10. The van der Waals surface area contributed by atoms with Crippen LogP contribution in [0.1, 0.15) is 95.9 Å². The third-order valence-electron chi connectivity index (χ3n) is 7.22. The van der Waals surface area contributed by atoms with Crippen LogP contribution in [0.2, 0.25) is 13.1 Å². The Morgan fingerprint density at radius 1 is 0.500 bits per heavy atom. The molecule has 0 nitrogen and oxygen atoms in total. The van der Waals surface area contributed by atoms with E-state index in [9.17, 15) is 0 Å². The summed E-state index contributed by atoms with van der Waals surface area (Å²) < 4.78 is 3.83. The predicted octanol–water partition coefficient (Wildman–Crippen LogP) is 2.97. The van der Waals surface area contributed by atoms with E-state index in [2.05, 4.69) is 96.2 Å². The van der Waals surface area contributed by atoms with Crippen LogP contribution in [-0.2, 0) is 23.2 Å². The summed E-state index contributed by atoms with van der Waals surface area (Å²) in [6.45, 7) is 35.1. The summed E-state index contributed by atoms with van der Waals surface area (Å²) >= 11 is -0.783. The van der Waals surface area contributed by atoms with Crippen LogP contribution in [0.25, 0.3) is 0 Å². The molecule has 2 aliphatic carbocycles. The fourth-order valence-electron chi connectivity index (χ4n) is 6.27. The Bertz CT molecular complexity index is 840. The molecule has 32 heavy (non-hydrogen) atoms. The van der Waals surface area contributed by atoms with Gasteiger partial charge in [0.1, 0.15) is 0 Å². The van der Waals surface area contributed by atoms with Gasteiger partial charge in [-0.15, -0.1) is 0 Å². The van der Waals surface area contributed by atoms with Crippen molar-refractivity contribution in [3.8, 4) is 0 Å². The van der Waals surface area contributed by atoms with E-state index in [-0.39, 0.29) is 46.5 Å². The average Bonchev–Trinajstić information content (AvgIpc) is 3.05. The quantitative estimate of drug-likeness (QED) is 0.392. The van der Waals surface area contributed by atoms with E-state index in [1.807, 2.05) is 17.0 Å². The van der Waals surface area contributed by atoms with E-state index in [1.54, 1.807) is 22.3 Å². The zero-order valence-corrected chi connectivity index (χ0v) is 28.1. The van der Waals surface area contributed by atoms with E-state index in [1.165, 1.54) is 12.8 Å². The SMILES string of the molecule is CC(C)(C)C1=[C]2CC(=C1C(C)(C)C)[Si](C)(C)C1=C(C(C)(C)C)C(C(C)(C)C)=[C](C1)[Zr+2]2.[Cl-].[Cl-]. The van der Waals surface area contributed by atoms with Gasteiger partial charge in [0, 0.05) is 0 Å². The molecule has 1 heterocycles. The van der Waals surface area contributed by atoms with Crippen LogP contribution in [0.3, 0.4) is 0 Å². The molecule has 1 aliphatic heterocycles. The first-order chi connectivity index (χ1) is 13.2. The van der Waals surface area contributed by atoms with Crippen LogP contribution in [0.4, 0.5) is 0 Å². The Hall–Kier alpha value is 0.640. The topological polar surface area (TPSA) is 0 Å². The molecule has 0 radical (unpaired) electrons. The summed E-state index contributed by atoms with van der Waals surface area (Å²) in [4.78, 5) is 0. The minimum atomic E-state index is -1.73. The second kappa shape index (κ2) is 8.94. The first-order valence-electron chi connectivity index (χ1n) is 11.9. The molecule has 4 heteroatoms. The first kappa shape index (κ1) is 30.7. The maximum absolute atomic E-state index is 2.69. The number of fused-ring (bicyclic) bond motifs is 4. The van der Waals surface area contributed by atoms with Gasteiger partial charge in [-0.25, -0.2) is 0 Å². The zero-order valence-electron chi connectivity index (χ0n) is 23.2. The van der Waals surface area contributed by atoms with Crippen LogP contribution >= 0.6 is 0 Å². The van der Waals surface area contributed by atoms with E-state index in [0.717, 1.165) is 0 Å². The molecule has 1 fully saturated rings. The van der Waals surface area contributed by atoms with Crippen molar-refractivity contribution < 1.29 is 48.0 Å². The van der Waals surface area contributed by atoms with Crippen molar-refractivity contribution >= 4 is 8.07 Å². The van der Waals surface area contributed by atoms with Gasteiger partial charge < -0.3 is 24.8 Å². The average molecular weight is 573 g/mol. The van der Waals surface area contributed by atoms with Gasteiger partial charge in [-0.05, 0) is 0 Å². The molecule has 0 spiro atoms. The summed E-state index contributed by atoms with van der Waals surface area (Å²) in [5.41, 5.74) is 8.07. The molecule has 0 aromatic heterocycles. The molecule has 0 amide bonds. The summed E-state index contributed by atoms with van der Waals surface area (Å²) in [6.07, 6.45) is 2.62. The van der Waals surface area contributed by atoms with Crippen LogP contribution in [0, 0.1) is 21.7 Å². The third-order valence-corrected chi connectivity index (χ3v) is 14.7. The van der Waals surface area contributed by atoms with Crippen molar-refractivity contribution in [3.05, 3.63) is 39.2 Å². The van der Waals surface area contributed by atoms with Gasteiger partial charge >= 0.3 is 201 Å². The molecule has 4 bridgehead atoms. The van der Waals surface area contributed by atoms with Crippen molar-refractivity contribution in [2.75, 3.05) is 0 Å². The van der Waals surface area contributed by atoms with Crippen molar-refractivity contribution in [2.45, 2.75) is 109 Å². The number of halogens is 2. The second-order valence-electron chi connectivity index (χ2n) is 14.5. The smallest absolute Gasteiger partial charge is 1.00 e. The Balaban J connectivity index is 0.00000256. The van der Waals surface area contributed by atoms with Gasteiger partial charge in [0.15, 0.2) is 0 Å². The minimum absolute atomic E-state index is 0. The van der Waals surface area contributed by atoms with Gasteiger partial charge in [0.05, 0.1) is 0 Å². The monoisotopic (exact) mass is 570 g/mol. The largest absolute Gasteiger partial charge is 1.00 e. The number of hydrogen-bond acceptors (Lipinski definition) is 0. The maximum atomic E-state index is 2.69.